The maximum Gasteiger partial charge on any atom is 0.312 e. The first-order valence-electron chi connectivity index (χ1n) is 5.84. The molecule has 1 fully saturated rings. The minimum atomic E-state index is -0.379. The standard InChI is InChI=1S/C11H15BrN4O2/c1-13-9-3-2-4-15(7-9)11-10(16(17)18)5-8(12)6-14-11/h5-6,9,13H,2-4,7H2,1H3. The Bertz CT molecular complexity index is 455. The molecule has 0 spiro atoms. The molecule has 1 aliphatic rings. The van der Waals surface area contributed by atoms with E-state index in [9.17, 15) is 10.1 Å². The van der Waals surface area contributed by atoms with E-state index >= 15 is 0 Å². The second-order valence-electron chi connectivity index (χ2n) is 4.33. The maximum atomic E-state index is 11.1. The number of halogens is 1. The van der Waals surface area contributed by atoms with Gasteiger partial charge in [-0.2, -0.15) is 0 Å². The van der Waals surface area contributed by atoms with Crippen LogP contribution in [0, 0.1) is 10.1 Å². The monoisotopic (exact) mass is 314 g/mol. The van der Waals surface area contributed by atoms with Gasteiger partial charge in [0.25, 0.3) is 0 Å². The highest BCUT2D eigenvalue weighted by atomic mass is 79.9. The summed E-state index contributed by atoms with van der Waals surface area (Å²) in [6.45, 7) is 1.57. The Morgan fingerprint density at radius 3 is 3.11 bits per heavy atom. The molecule has 1 unspecified atom stereocenters. The van der Waals surface area contributed by atoms with Crippen molar-refractivity contribution in [3.8, 4) is 0 Å². The number of hydrogen-bond acceptors (Lipinski definition) is 5. The number of nitrogens with one attached hydrogen (secondary N) is 1. The molecule has 1 saturated heterocycles. The second-order valence-corrected chi connectivity index (χ2v) is 5.24. The Hall–Kier alpha value is -1.21. The van der Waals surface area contributed by atoms with Crippen LogP contribution in [0.25, 0.3) is 0 Å². The maximum absolute atomic E-state index is 11.1. The van der Waals surface area contributed by atoms with Crippen LogP contribution in [-0.4, -0.2) is 36.1 Å². The van der Waals surface area contributed by atoms with Crippen molar-refractivity contribution in [1.82, 2.24) is 10.3 Å². The average molecular weight is 315 g/mol. The molecule has 18 heavy (non-hydrogen) atoms. The minimum absolute atomic E-state index is 0.0566. The van der Waals surface area contributed by atoms with Crippen molar-refractivity contribution in [3.63, 3.8) is 0 Å². The van der Waals surface area contributed by atoms with Crippen molar-refractivity contribution in [2.45, 2.75) is 18.9 Å². The van der Waals surface area contributed by atoms with E-state index in [-0.39, 0.29) is 10.6 Å². The van der Waals surface area contributed by atoms with E-state index in [0.717, 1.165) is 25.9 Å². The fourth-order valence-corrected chi connectivity index (χ4v) is 2.52. The molecule has 98 valence electrons. The normalized spacial score (nSPS) is 19.9. The van der Waals surface area contributed by atoms with E-state index in [4.69, 9.17) is 0 Å². The lowest BCUT2D eigenvalue weighted by Crippen LogP contribution is -2.44. The highest BCUT2D eigenvalue weighted by molar-refractivity contribution is 9.10. The molecule has 2 heterocycles. The van der Waals surface area contributed by atoms with Crippen LogP contribution in [-0.2, 0) is 0 Å². The van der Waals surface area contributed by atoms with Crippen LogP contribution in [0.2, 0.25) is 0 Å². The first-order chi connectivity index (χ1) is 8.61. The lowest BCUT2D eigenvalue weighted by Gasteiger charge is -2.32. The Kier molecular flexibility index (Phi) is 4.13. The Balaban J connectivity index is 2.29. The third-order valence-electron chi connectivity index (χ3n) is 3.14. The number of pyridine rings is 1. The molecule has 6 nitrogen and oxygen atoms in total. The number of piperidine rings is 1. The molecule has 1 atom stereocenters. The summed E-state index contributed by atoms with van der Waals surface area (Å²) in [5.41, 5.74) is 0.0566. The van der Waals surface area contributed by atoms with Crippen LogP contribution in [0.3, 0.4) is 0 Å². The topological polar surface area (TPSA) is 71.3 Å². The predicted octanol–water partition coefficient (Wildman–Crippen LogP) is 1.94. The quantitative estimate of drug-likeness (QED) is 0.682. The van der Waals surface area contributed by atoms with Crippen molar-refractivity contribution in [3.05, 3.63) is 26.9 Å². The van der Waals surface area contributed by atoms with Gasteiger partial charge in [0.15, 0.2) is 0 Å². The van der Waals surface area contributed by atoms with Gasteiger partial charge in [0.2, 0.25) is 5.82 Å². The molecule has 7 heteroatoms. The summed E-state index contributed by atoms with van der Waals surface area (Å²) in [4.78, 5) is 16.9. The number of anilines is 1. The van der Waals surface area contributed by atoms with Gasteiger partial charge in [-0.15, -0.1) is 0 Å². The third-order valence-corrected chi connectivity index (χ3v) is 3.57. The fraction of sp³-hybridized carbons (Fsp3) is 0.545. The highest BCUT2D eigenvalue weighted by Crippen LogP contribution is 2.30. The zero-order valence-corrected chi connectivity index (χ0v) is 11.7. The Labute approximate surface area is 114 Å². The van der Waals surface area contributed by atoms with Crippen molar-refractivity contribution in [2.24, 2.45) is 0 Å². The molecule has 0 saturated carbocycles. The molecule has 0 radical (unpaired) electrons. The van der Waals surface area contributed by atoms with E-state index < -0.39 is 0 Å². The van der Waals surface area contributed by atoms with Crippen molar-refractivity contribution >= 4 is 27.4 Å². The zero-order chi connectivity index (χ0) is 13.1. The van der Waals surface area contributed by atoms with Gasteiger partial charge < -0.3 is 10.2 Å². The van der Waals surface area contributed by atoms with Gasteiger partial charge in [-0.25, -0.2) is 4.98 Å². The van der Waals surface area contributed by atoms with Gasteiger partial charge >= 0.3 is 5.69 Å². The lowest BCUT2D eigenvalue weighted by molar-refractivity contribution is -0.384. The van der Waals surface area contributed by atoms with Crippen molar-refractivity contribution in [1.29, 1.82) is 0 Å². The molecule has 1 aromatic rings. The summed E-state index contributed by atoms with van der Waals surface area (Å²) in [6, 6.07) is 1.87. The van der Waals surface area contributed by atoms with Crippen LogP contribution in [0.15, 0.2) is 16.7 Å². The summed E-state index contributed by atoms with van der Waals surface area (Å²) < 4.78 is 0.625. The Morgan fingerprint density at radius 1 is 1.67 bits per heavy atom. The number of nitro groups is 1. The molecule has 1 aromatic heterocycles. The van der Waals surface area contributed by atoms with Gasteiger partial charge in [0.1, 0.15) is 0 Å². The van der Waals surface area contributed by atoms with Gasteiger partial charge in [0, 0.05) is 35.9 Å². The first kappa shape index (κ1) is 13.2. The van der Waals surface area contributed by atoms with Crippen LogP contribution < -0.4 is 10.2 Å². The molecule has 0 amide bonds. The number of rotatable bonds is 3. The van der Waals surface area contributed by atoms with E-state index in [2.05, 4.69) is 26.2 Å². The van der Waals surface area contributed by atoms with Gasteiger partial charge in [-0.3, -0.25) is 10.1 Å². The van der Waals surface area contributed by atoms with E-state index in [0.29, 0.717) is 16.3 Å². The molecule has 2 rings (SSSR count). The molecule has 0 bridgehead atoms. The van der Waals surface area contributed by atoms with Gasteiger partial charge in [-0.1, -0.05) is 0 Å². The molecule has 0 aliphatic carbocycles. The summed E-state index contributed by atoms with van der Waals surface area (Å²) in [5, 5.41) is 14.3. The number of nitrogens with zero attached hydrogens (tertiary/aromatic N) is 3. The summed E-state index contributed by atoms with van der Waals surface area (Å²) in [5.74, 6) is 0.461. The summed E-state index contributed by atoms with van der Waals surface area (Å²) in [7, 11) is 1.91. The number of likely N-dealkylation sites (N-methyl/N-ethyl adjacent to an activating group) is 1. The van der Waals surface area contributed by atoms with Crippen molar-refractivity contribution < 1.29 is 4.92 Å². The van der Waals surface area contributed by atoms with Crippen LogP contribution in [0.1, 0.15) is 12.8 Å². The molecule has 1 aliphatic heterocycles. The Morgan fingerprint density at radius 2 is 2.44 bits per heavy atom. The summed E-state index contributed by atoms with van der Waals surface area (Å²) >= 11 is 3.22. The fourth-order valence-electron chi connectivity index (χ4n) is 2.20. The van der Waals surface area contributed by atoms with Gasteiger partial charge in [0.05, 0.1) is 4.92 Å². The summed E-state index contributed by atoms with van der Waals surface area (Å²) in [6.07, 6.45) is 3.71. The van der Waals surface area contributed by atoms with Crippen molar-refractivity contribution in [2.75, 3.05) is 25.0 Å². The predicted molar refractivity (Wildman–Crippen MR) is 72.9 cm³/mol. The lowest BCUT2D eigenvalue weighted by atomic mass is 10.1. The highest BCUT2D eigenvalue weighted by Gasteiger charge is 2.26. The molecular formula is C11H15BrN4O2. The third kappa shape index (κ3) is 2.78. The largest absolute Gasteiger partial charge is 0.349 e. The number of hydrogen-bond donors (Lipinski definition) is 1. The number of aromatic nitrogens is 1. The average Bonchev–Trinajstić information content (AvgIpc) is 2.38. The van der Waals surface area contributed by atoms with Crippen LogP contribution >= 0.6 is 15.9 Å². The first-order valence-corrected chi connectivity index (χ1v) is 6.63. The molecule has 1 N–H and O–H groups in total. The van der Waals surface area contributed by atoms with E-state index in [1.54, 1.807) is 6.20 Å². The molecular weight excluding hydrogens is 300 g/mol. The SMILES string of the molecule is CNC1CCCN(c2ncc(Br)cc2[N+](=O)[O-])C1. The van der Waals surface area contributed by atoms with Crippen LogP contribution in [0.5, 0.6) is 0 Å². The van der Waals surface area contributed by atoms with E-state index in [1.807, 2.05) is 11.9 Å². The van der Waals surface area contributed by atoms with Gasteiger partial charge in [-0.05, 0) is 35.8 Å². The second kappa shape index (κ2) is 5.62. The van der Waals surface area contributed by atoms with E-state index in [1.165, 1.54) is 6.07 Å². The van der Waals surface area contributed by atoms with Crippen LogP contribution in [0.4, 0.5) is 11.5 Å². The minimum Gasteiger partial charge on any atom is -0.349 e. The smallest absolute Gasteiger partial charge is 0.312 e. The zero-order valence-electron chi connectivity index (χ0n) is 10.1. The molecule has 0 aromatic carbocycles.